The summed E-state index contributed by atoms with van der Waals surface area (Å²) >= 11 is 0. The van der Waals surface area contributed by atoms with Gasteiger partial charge >= 0.3 is 0 Å². The number of primary amides is 1. The van der Waals surface area contributed by atoms with Crippen molar-refractivity contribution in [3.63, 3.8) is 0 Å². The number of nitrogens with two attached hydrogens (primary N) is 1. The Balaban J connectivity index is 1.85. The highest BCUT2D eigenvalue weighted by Crippen LogP contribution is 2.47. The summed E-state index contributed by atoms with van der Waals surface area (Å²) in [6.45, 7) is 0.809. The lowest BCUT2D eigenvalue weighted by molar-refractivity contribution is -0.137. The summed E-state index contributed by atoms with van der Waals surface area (Å²) in [7, 11) is 7.78. The van der Waals surface area contributed by atoms with Crippen LogP contribution in [0.25, 0.3) is 0 Å². The molecule has 3 amide bonds. The van der Waals surface area contributed by atoms with Crippen LogP contribution in [0.1, 0.15) is 46.3 Å². The number of fused-ring (bicyclic) bond motifs is 1. The number of likely N-dealkylation sites (tertiary alicyclic amines) is 1. The van der Waals surface area contributed by atoms with Crippen LogP contribution in [-0.2, 0) is 9.59 Å². The monoisotopic (exact) mass is 511 g/mol. The van der Waals surface area contributed by atoms with Gasteiger partial charge in [-0.3, -0.25) is 14.4 Å². The quantitative estimate of drug-likeness (QED) is 0.606. The molecule has 0 spiro atoms. The van der Waals surface area contributed by atoms with Gasteiger partial charge in [0, 0.05) is 31.6 Å². The summed E-state index contributed by atoms with van der Waals surface area (Å²) in [6.07, 6.45) is 1.00. The van der Waals surface area contributed by atoms with E-state index in [1.165, 1.54) is 21.3 Å². The molecule has 0 radical (unpaired) electrons. The molecule has 1 saturated heterocycles. The molecule has 4 rings (SSSR count). The van der Waals surface area contributed by atoms with Crippen molar-refractivity contribution in [1.29, 1.82) is 0 Å². The maximum absolute atomic E-state index is 14.2. The van der Waals surface area contributed by atoms with E-state index in [2.05, 4.69) is 0 Å². The van der Waals surface area contributed by atoms with Gasteiger partial charge in [0.05, 0.1) is 40.4 Å². The van der Waals surface area contributed by atoms with Gasteiger partial charge in [0.25, 0.3) is 5.91 Å². The first-order chi connectivity index (χ1) is 17.7. The molecule has 2 aliphatic heterocycles. The Morgan fingerprint density at radius 1 is 0.865 bits per heavy atom. The number of hydrogen-bond acceptors (Lipinski definition) is 7. The fourth-order valence-corrected chi connectivity index (χ4v) is 5.35. The third kappa shape index (κ3) is 4.63. The second-order valence-corrected chi connectivity index (χ2v) is 9.25. The number of methoxy groups -OCH3 is 4. The number of amides is 3. The summed E-state index contributed by atoms with van der Waals surface area (Å²) in [5.74, 6) is 0.143. The zero-order chi connectivity index (χ0) is 26.9. The van der Waals surface area contributed by atoms with Crippen molar-refractivity contribution in [2.75, 3.05) is 48.6 Å². The van der Waals surface area contributed by atoms with Crippen molar-refractivity contribution in [1.82, 2.24) is 9.80 Å². The Hall–Kier alpha value is -3.95. The van der Waals surface area contributed by atoms with E-state index >= 15 is 0 Å². The summed E-state index contributed by atoms with van der Waals surface area (Å²) in [6, 6.07) is 8.10. The Labute approximate surface area is 216 Å². The fraction of sp³-hybridized carbons (Fsp3) is 0.444. The molecule has 10 heteroatoms. The van der Waals surface area contributed by atoms with Gasteiger partial charge in [-0.15, -0.1) is 0 Å². The van der Waals surface area contributed by atoms with E-state index in [0.29, 0.717) is 60.1 Å². The van der Waals surface area contributed by atoms with E-state index in [1.807, 2.05) is 6.07 Å². The van der Waals surface area contributed by atoms with Crippen LogP contribution in [0.4, 0.5) is 0 Å². The zero-order valence-corrected chi connectivity index (χ0v) is 21.8. The molecular weight excluding hydrogens is 478 g/mol. The smallest absolute Gasteiger partial charge is 0.254 e. The zero-order valence-electron chi connectivity index (χ0n) is 21.8. The number of likely N-dealkylation sites (N-methyl/N-ethyl adjacent to an activating group) is 1. The SMILES string of the molecule is COc1ccc([C@@H]2[C@H](C(=O)N3CCC(C(N)=O)CC3)c3cc(OC)c(OC)cc3C(=O)N2C)cc1OC. The van der Waals surface area contributed by atoms with Crippen molar-refractivity contribution in [3.8, 4) is 23.0 Å². The predicted octanol–water partition coefficient (Wildman–Crippen LogP) is 2.36. The number of piperidine rings is 1. The maximum atomic E-state index is 14.2. The Morgan fingerprint density at radius 2 is 1.43 bits per heavy atom. The first-order valence-electron chi connectivity index (χ1n) is 12.1. The van der Waals surface area contributed by atoms with E-state index in [4.69, 9.17) is 24.7 Å². The molecule has 0 bridgehead atoms. The average Bonchev–Trinajstić information content (AvgIpc) is 2.93. The van der Waals surface area contributed by atoms with Crippen LogP contribution < -0.4 is 24.7 Å². The van der Waals surface area contributed by atoms with Crippen LogP contribution in [0.5, 0.6) is 23.0 Å². The minimum atomic E-state index is -0.735. The molecule has 0 aromatic heterocycles. The Bertz CT molecular complexity index is 1210. The van der Waals surface area contributed by atoms with Crippen LogP contribution in [0.15, 0.2) is 30.3 Å². The third-order valence-electron chi connectivity index (χ3n) is 7.40. The van der Waals surface area contributed by atoms with E-state index < -0.39 is 12.0 Å². The van der Waals surface area contributed by atoms with Crippen molar-refractivity contribution in [3.05, 3.63) is 47.0 Å². The highest BCUT2D eigenvalue weighted by molar-refractivity contribution is 6.02. The number of carbonyl (C=O) groups is 3. The minimum absolute atomic E-state index is 0.143. The molecule has 2 aromatic rings. The van der Waals surface area contributed by atoms with Crippen LogP contribution in [0, 0.1) is 5.92 Å². The molecule has 2 aromatic carbocycles. The maximum Gasteiger partial charge on any atom is 0.254 e. The first-order valence-corrected chi connectivity index (χ1v) is 12.1. The van der Waals surface area contributed by atoms with Crippen LogP contribution >= 0.6 is 0 Å². The van der Waals surface area contributed by atoms with E-state index in [-0.39, 0.29) is 23.6 Å². The van der Waals surface area contributed by atoms with Crippen molar-refractivity contribution >= 4 is 17.7 Å². The van der Waals surface area contributed by atoms with Gasteiger partial charge in [0.15, 0.2) is 23.0 Å². The Kier molecular flexibility index (Phi) is 7.47. The van der Waals surface area contributed by atoms with E-state index in [9.17, 15) is 14.4 Å². The van der Waals surface area contributed by atoms with Gasteiger partial charge < -0.3 is 34.5 Å². The second-order valence-electron chi connectivity index (χ2n) is 9.25. The number of carbonyl (C=O) groups excluding carboxylic acids is 3. The Morgan fingerprint density at radius 3 is 2.00 bits per heavy atom. The number of hydrogen-bond donors (Lipinski definition) is 1. The highest BCUT2D eigenvalue weighted by atomic mass is 16.5. The third-order valence-corrected chi connectivity index (χ3v) is 7.40. The molecule has 0 unspecified atom stereocenters. The fourth-order valence-electron chi connectivity index (χ4n) is 5.35. The van der Waals surface area contributed by atoms with Crippen LogP contribution in [0.2, 0.25) is 0 Å². The highest BCUT2D eigenvalue weighted by Gasteiger charge is 2.45. The number of ether oxygens (including phenoxy) is 4. The molecule has 2 N–H and O–H groups in total. The van der Waals surface area contributed by atoms with E-state index in [1.54, 1.807) is 48.2 Å². The normalized spacial score (nSPS) is 19.8. The lowest BCUT2D eigenvalue weighted by atomic mass is 9.78. The molecule has 37 heavy (non-hydrogen) atoms. The number of nitrogens with zero attached hydrogens (tertiary/aromatic N) is 2. The van der Waals surface area contributed by atoms with Gasteiger partial charge in [0.1, 0.15) is 0 Å². The van der Waals surface area contributed by atoms with E-state index in [0.717, 1.165) is 5.56 Å². The summed E-state index contributed by atoms with van der Waals surface area (Å²) in [5, 5.41) is 0. The van der Waals surface area contributed by atoms with Gasteiger partial charge in [-0.2, -0.15) is 0 Å². The average molecular weight is 512 g/mol. The standard InChI is InChI=1S/C27H33N3O7/c1-29-24(16-6-7-19(34-2)20(12-16)35-3)23(27(33)30-10-8-15(9-11-30)25(28)31)17-13-21(36-4)22(37-5)14-18(17)26(29)32/h6-7,12-15,23-24H,8-11H2,1-5H3,(H2,28,31)/t23-,24-/m1/s1. The number of rotatable bonds is 7. The molecule has 1 fully saturated rings. The van der Waals surface area contributed by atoms with Crippen molar-refractivity contribution < 1.29 is 33.3 Å². The first kappa shape index (κ1) is 26.1. The molecule has 198 valence electrons. The molecule has 2 aliphatic rings. The summed E-state index contributed by atoms with van der Waals surface area (Å²) < 4.78 is 21.9. The van der Waals surface area contributed by atoms with Crippen molar-refractivity contribution in [2.24, 2.45) is 11.7 Å². The van der Waals surface area contributed by atoms with Gasteiger partial charge in [-0.1, -0.05) is 6.07 Å². The molecule has 10 nitrogen and oxygen atoms in total. The molecule has 2 atom stereocenters. The van der Waals surface area contributed by atoms with Gasteiger partial charge in [-0.25, -0.2) is 0 Å². The van der Waals surface area contributed by atoms with Crippen molar-refractivity contribution in [2.45, 2.75) is 24.8 Å². The minimum Gasteiger partial charge on any atom is -0.493 e. The number of benzene rings is 2. The molecular formula is C27H33N3O7. The van der Waals surface area contributed by atoms with Gasteiger partial charge in [-0.05, 0) is 48.2 Å². The summed E-state index contributed by atoms with van der Waals surface area (Å²) in [5.41, 5.74) is 7.16. The van der Waals surface area contributed by atoms with Crippen LogP contribution in [-0.4, -0.2) is 76.1 Å². The second kappa shape index (κ2) is 10.6. The largest absolute Gasteiger partial charge is 0.493 e. The van der Waals surface area contributed by atoms with Crippen LogP contribution in [0.3, 0.4) is 0 Å². The molecule has 0 aliphatic carbocycles. The van der Waals surface area contributed by atoms with Gasteiger partial charge in [0.2, 0.25) is 11.8 Å². The molecule has 2 heterocycles. The molecule has 0 saturated carbocycles. The summed E-state index contributed by atoms with van der Waals surface area (Å²) in [4.78, 5) is 42.8. The topological polar surface area (TPSA) is 121 Å². The lowest BCUT2D eigenvalue weighted by Crippen LogP contribution is -2.49. The lowest BCUT2D eigenvalue weighted by Gasteiger charge is -2.43. The predicted molar refractivity (Wildman–Crippen MR) is 135 cm³/mol.